The first-order valence-electron chi connectivity index (χ1n) is 9.16. The Balaban J connectivity index is 1.54. The monoisotopic (exact) mass is 410 g/mol. The maximum absolute atomic E-state index is 12.2. The number of hydrogen-bond acceptors (Lipinski definition) is 6. The second-order valence-corrected chi connectivity index (χ2v) is 7.32. The number of carbonyl (C=O) groups is 2. The van der Waals surface area contributed by atoms with Crippen LogP contribution in [0, 0.1) is 0 Å². The van der Waals surface area contributed by atoms with Gasteiger partial charge in [-0.25, -0.2) is 0 Å². The van der Waals surface area contributed by atoms with Crippen LogP contribution in [-0.4, -0.2) is 39.3 Å². The molecule has 0 aliphatic rings. The zero-order valence-electron chi connectivity index (χ0n) is 16.3. The Morgan fingerprint density at radius 3 is 2.69 bits per heavy atom. The lowest BCUT2D eigenvalue weighted by Gasteiger charge is -2.11. The van der Waals surface area contributed by atoms with Crippen LogP contribution in [0.5, 0.6) is 5.75 Å². The maximum atomic E-state index is 12.2. The predicted octanol–water partition coefficient (Wildman–Crippen LogP) is 3.99. The molecule has 150 valence electrons. The van der Waals surface area contributed by atoms with Crippen molar-refractivity contribution in [2.24, 2.45) is 0 Å². The molecule has 8 heteroatoms. The Kier molecular flexibility index (Phi) is 7.02. The molecular formula is C21H22N4O3S. The average molecular weight is 410 g/mol. The van der Waals surface area contributed by atoms with E-state index in [4.69, 9.17) is 4.74 Å². The molecule has 0 bridgehead atoms. The van der Waals surface area contributed by atoms with Gasteiger partial charge in [0.25, 0.3) is 0 Å². The van der Waals surface area contributed by atoms with Gasteiger partial charge in [-0.2, -0.15) is 0 Å². The van der Waals surface area contributed by atoms with Gasteiger partial charge in [-0.1, -0.05) is 36.0 Å². The van der Waals surface area contributed by atoms with E-state index in [-0.39, 0.29) is 11.7 Å². The molecule has 1 aromatic heterocycles. The van der Waals surface area contributed by atoms with Gasteiger partial charge in [-0.3, -0.25) is 14.2 Å². The van der Waals surface area contributed by atoms with Crippen LogP contribution in [0.2, 0.25) is 0 Å². The first kappa shape index (κ1) is 20.6. The summed E-state index contributed by atoms with van der Waals surface area (Å²) in [5.74, 6) is 1.24. The number of nitrogens with zero attached hydrogens (tertiary/aromatic N) is 3. The van der Waals surface area contributed by atoms with Crippen molar-refractivity contribution in [1.29, 1.82) is 0 Å². The predicted molar refractivity (Wildman–Crippen MR) is 113 cm³/mol. The number of ether oxygens (including phenoxy) is 1. The molecule has 1 amide bonds. The van der Waals surface area contributed by atoms with Crippen molar-refractivity contribution in [3.63, 3.8) is 0 Å². The Morgan fingerprint density at radius 1 is 1.14 bits per heavy atom. The van der Waals surface area contributed by atoms with Gasteiger partial charge in [0.05, 0.1) is 18.5 Å². The number of benzene rings is 2. The fourth-order valence-corrected chi connectivity index (χ4v) is 3.69. The summed E-state index contributed by atoms with van der Waals surface area (Å²) in [5, 5.41) is 11.7. The highest BCUT2D eigenvalue weighted by molar-refractivity contribution is 7.99. The maximum Gasteiger partial charge on any atom is 0.224 e. The summed E-state index contributed by atoms with van der Waals surface area (Å²) in [6.45, 7) is 1.49. The van der Waals surface area contributed by atoms with Gasteiger partial charge in [0.1, 0.15) is 12.1 Å². The van der Waals surface area contributed by atoms with E-state index in [1.807, 2.05) is 28.8 Å². The molecule has 0 spiro atoms. The summed E-state index contributed by atoms with van der Waals surface area (Å²) in [6.07, 6.45) is 2.66. The molecule has 0 saturated carbocycles. The number of methoxy groups -OCH3 is 1. The van der Waals surface area contributed by atoms with E-state index in [0.29, 0.717) is 29.8 Å². The largest absolute Gasteiger partial charge is 0.495 e. The standard InChI is InChI=1S/C21H22N4O3S/c1-15(26)16-8-3-4-9-17(16)23-20(27)12-7-13-29-21-24-22-14-25(21)18-10-5-6-11-19(18)28-2/h3-6,8-11,14H,7,12-13H2,1-2H3,(H,23,27). The smallest absolute Gasteiger partial charge is 0.224 e. The van der Waals surface area contributed by atoms with Crippen LogP contribution in [0.25, 0.3) is 5.69 Å². The Bertz CT molecular complexity index is 1000. The highest BCUT2D eigenvalue weighted by Gasteiger charge is 2.12. The number of Topliss-reactive ketones (excluding diaryl/α,β-unsaturated/α-hetero) is 1. The number of rotatable bonds is 9. The summed E-state index contributed by atoms with van der Waals surface area (Å²) in [5.41, 5.74) is 1.93. The topological polar surface area (TPSA) is 86.1 Å². The molecular weight excluding hydrogens is 388 g/mol. The summed E-state index contributed by atoms with van der Waals surface area (Å²) in [6, 6.07) is 14.7. The third-order valence-corrected chi connectivity index (χ3v) is 5.25. The fourth-order valence-electron chi connectivity index (χ4n) is 2.82. The second-order valence-electron chi connectivity index (χ2n) is 6.26. The van der Waals surface area contributed by atoms with Gasteiger partial charge in [0, 0.05) is 17.7 Å². The lowest BCUT2D eigenvalue weighted by atomic mass is 10.1. The highest BCUT2D eigenvalue weighted by Crippen LogP contribution is 2.27. The van der Waals surface area contributed by atoms with Gasteiger partial charge in [0.2, 0.25) is 5.91 Å². The summed E-state index contributed by atoms with van der Waals surface area (Å²) < 4.78 is 7.27. The van der Waals surface area contributed by atoms with Crippen LogP contribution in [0.15, 0.2) is 60.0 Å². The number of para-hydroxylation sites is 3. The normalized spacial score (nSPS) is 10.6. The van der Waals surface area contributed by atoms with E-state index in [0.717, 1.165) is 16.6 Å². The van der Waals surface area contributed by atoms with E-state index in [9.17, 15) is 9.59 Å². The zero-order valence-corrected chi connectivity index (χ0v) is 17.1. The molecule has 0 aliphatic carbocycles. The van der Waals surface area contributed by atoms with Gasteiger partial charge < -0.3 is 10.1 Å². The SMILES string of the molecule is COc1ccccc1-n1cnnc1SCCCC(=O)Nc1ccccc1C(C)=O. The highest BCUT2D eigenvalue weighted by atomic mass is 32.2. The van der Waals surface area contributed by atoms with Crippen LogP contribution < -0.4 is 10.1 Å². The minimum Gasteiger partial charge on any atom is -0.495 e. The van der Waals surface area contributed by atoms with Crippen LogP contribution >= 0.6 is 11.8 Å². The van der Waals surface area contributed by atoms with Crippen molar-refractivity contribution in [3.8, 4) is 11.4 Å². The number of amides is 1. The quantitative estimate of drug-likeness (QED) is 0.326. The first-order chi connectivity index (χ1) is 14.1. The van der Waals surface area contributed by atoms with Crippen molar-refractivity contribution >= 4 is 29.1 Å². The summed E-state index contributed by atoms with van der Waals surface area (Å²) >= 11 is 1.52. The van der Waals surface area contributed by atoms with Crippen LogP contribution in [0.4, 0.5) is 5.69 Å². The van der Waals surface area contributed by atoms with E-state index in [1.165, 1.54) is 18.7 Å². The van der Waals surface area contributed by atoms with Gasteiger partial charge in [-0.15, -0.1) is 10.2 Å². The zero-order chi connectivity index (χ0) is 20.6. The molecule has 1 heterocycles. The fraction of sp³-hybridized carbons (Fsp3) is 0.238. The Hall–Kier alpha value is -3.13. The number of carbonyl (C=O) groups excluding carboxylic acids is 2. The number of hydrogen-bond donors (Lipinski definition) is 1. The number of anilines is 1. The average Bonchev–Trinajstić information content (AvgIpc) is 3.19. The molecule has 0 aliphatic heterocycles. The number of aromatic nitrogens is 3. The van der Waals surface area contributed by atoms with E-state index in [1.54, 1.807) is 37.7 Å². The van der Waals surface area contributed by atoms with Crippen molar-refractivity contribution in [1.82, 2.24) is 14.8 Å². The van der Waals surface area contributed by atoms with Gasteiger partial charge in [0.15, 0.2) is 10.9 Å². The number of nitrogens with one attached hydrogen (secondary N) is 1. The molecule has 3 rings (SSSR count). The summed E-state index contributed by atoms with van der Waals surface area (Å²) in [4.78, 5) is 23.9. The molecule has 29 heavy (non-hydrogen) atoms. The third kappa shape index (κ3) is 5.23. The molecule has 7 nitrogen and oxygen atoms in total. The number of ketones is 1. The van der Waals surface area contributed by atoms with E-state index >= 15 is 0 Å². The first-order valence-corrected chi connectivity index (χ1v) is 10.1. The van der Waals surface area contributed by atoms with Gasteiger partial charge in [-0.05, 0) is 37.6 Å². The molecule has 1 N–H and O–H groups in total. The molecule has 0 radical (unpaired) electrons. The minimum atomic E-state index is -0.120. The van der Waals surface area contributed by atoms with E-state index < -0.39 is 0 Å². The molecule has 0 fully saturated rings. The summed E-state index contributed by atoms with van der Waals surface area (Å²) in [7, 11) is 1.62. The Labute approximate surface area is 173 Å². The van der Waals surface area contributed by atoms with Crippen molar-refractivity contribution in [2.75, 3.05) is 18.2 Å². The molecule has 0 unspecified atom stereocenters. The number of thioether (sulfide) groups is 1. The van der Waals surface area contributed by atoms with Crippen LogP contribution in [0.3, 0.4) is 0 Å². The molecule has 0 atom stereocenters. The van der Waals surface area contributed by atoms with E-state index in [2.05, 4.69) is 15.5 Å². The van der Waals surface area contributed by atoms with Crippen LogP contribution in [0.1, 0.15) is 30.1 Å². The van der Waals surface area contributed by atoms with Crippen molar-refractivity contribution in [3.05, 3.63) is 60.4 Å². The van der Waals surface area contributed by atoms with Crippen LogP contribution in [-0.2, 0) is 4.79 Å². The van der Waals surface area contributed by atoms with Crippen molar-refractivity contribution < 1.29 is 14.3 Å². The lowest BCUT2D eigenvalue weighted by Crippen LogP contribution is -2.14. The Morgan fingerprint density at radius 2 is 1.90 bits per heavy atom. The lowest BCUT2D eigenvalue weighted by molar-refractivity contribution is -0.116. The van der Waals surface area contributed by atoms with Gasteiger partial charge >= 0.3 is 0 Å². The minimum absolute atomic E-state index is 0.0767. The molecule has 3 aromatic rings. The van der Waals surface area contributed by atoms with Crippen molar-refractivity contribution in [2.45, 2.75) is 24.9 Å². The second kappa shape index (κ2) is 9.88. The molecule has 0 saturated heterocycles. The molecule has 2 aromatic carbocycles. The third-order valence-electron chi connectivity index (χ3n) is 4.22.